The van der Waals surface area contributed by atoms with Crippen LogP contribution in [0.5, 0.6) is 5.75 Å². The minimum Gasteiger partial charge on any atom is -0.463 e. The average Bonchev–Trinajstić information content (AvgIpc) is 2.79. The fraction of sp³-hybridized carbons (Fsp3) is 0.286. The van der Waals surface area contributed by atoms with Gasteiger partial charge in [-0.2, -0.15) is 0 Å². The third-order valence-electron chi connectivity index (χ3n) is 4.88. The van der Waals surface area contributed by atoms with E-state index in [0.29, 0.717) is 0 Å². The van der Waals surface area contributed by atoms with Crippen LogP contribution in [0.2, 0.25) is 0 Å². The van der Waals surface area contributed by atoms with Gasteiger partial charge in [0.2, 0.25) is 0 Å². The molecule has 0 N–H and O–H groups in total. The highest BCUT2D eigenvalue weighted by Crippen LogP contribution is 2.45. The van der Waals surface area contributed by atoms with E-state index >= 15 is 0 Å². The Morgan fingerprint density at radius 3 is 2.68 bits per heavy atom. The quantitative estimate of drug-likeness (QED) is 0.815. The molecule has 0 aromatic heterocycles. The van der Waals surface area contributed by atoms with E-state index < -0.39 is 0 Å². The van der Waals surface area contributed by atoms with Crippen molar-refractivity contribution < 1.29 is 9.53 Å². The molecule has 128 valence electrons. The van der Waals surface area contributed by atoms with Gasteiger partial charge in [0.1, 0.15) is 18.2 Å². The fourth-order valence-corrected chi connectivity index (χ4v) is 3.65. The summed E-state index contributed by atoms with van der Waals surface area (Å²) in [6.07, 6.45) is 3.63. The van der Waals surface area contributed by atoms with Crippen molar-refractivity contribution in [3.05, 3.63) is 71.6 Å². The zero-order valence-electron chi connectivity index (χ0n) is 14.6. The number of ether oxygens (including phenoxy) is 1. The van der Waals surface area contributed by atoms with Gasteiger partial charge in [0, 0.05) is 12.1 Å². The van der Waals surface area contributed by atoms with Crippen LogP contribution in [0, 0.1) is 0 Å². The number of carbonyl (C=O) groups excluding carboxylic acids is 1. The van der Waals surface area contributed by atoms with Crippen LogP contribution in [-0.4, -0.2) is 17.4 Å². The molecular formula is C21H22N2O2. The number of para-hydroxylation sites is 2. The molecule has 0 bridgehead atoms. The van der Waals surface area contributed by atoms with Gasteiger partial charge in [0.15, 0.2) is 0 Å². The summed E-state index contributed by atoms with van der Waals surface area (Å²) in [6, 6.07) is 15.8. The van der Waals surface area contributed by atoms with Gasteiger partial charge < -0.3 is 14.5 Å². The third-order valence-corrected chi connectivity index (χ3v) is 4.88. The molecule has 0 fully saturated rings. The predicted octanol–water partition coefficient (Wildman–Crippen LogP) is 4.70. The van der Waals surface area contributed by atoms with Crippen molar-refractivity contribution in [1.82, 2.24) is 4.90 Å². The first-order valence-electron chi connectivity index (χ1n) is 8.84. The third kappa shape index (κ3) is 2.49. The predicted molar refractivity (Wildman–Crippen MR) is 98.4 cm³/mol. The molecule has 25 heavy (non-hydrogen) atoms. The summed E-state index contributed by atoms with van der Waals surface area (Å²) in [5.74, 6) is 0.901. The van der Waals surface area contributed by atoms with Crippen LogP contribution < -0.4 is 9.64 Å². The molecule has 2 heterocycles. The standard InChI is InChI=1S/C21H22N2O2/c1-3-4-13-22-20-17-10-6-8-12-19(17)25-14-15(2)23(20)18-11-7-5-9-16(18)21(22)24/h5-12,14,20H,3-4,13H2,1-2H3. The summed E-state index contributed by atoms with van der Waals surface area (Å²) in [5, 5.41) is 0. The first-order valence-corrected chi connectivity index (χ1v) is 8.84. The van der Waals surface area contributed by atoms with Crippen LogP contribution in [0.3, 0.4) is 0 Å². The zero-order chi connectivity index (χ0) is 17.4. The van der Waals surface area contributed by atoms with Crippen LogP contribution in [0.25, 0.3) is 0 Å². The van der Waals surface area contributed by atoms with E-state index in [1.165, 1.54) is 0 Å². The Balaban J connectivity index is 1.94. The topological polar surface area (TPSA) is 32.8 Å². The monoisotopic (exact) mass is 334 g/mol. The van der Waals surface area contributed by atoms with E-state index in [4.69, 9.17) is 4.74 Å². The molecule has 0 radical (unpaired) electrons. The Kier molecular flexibility index (Phi) is 3.96. The van der Waals surface area contributed by atoms with Crippen molar-refractivity contribution >= 4 is 11.6 Å². The van der Waals surface area contributed by atoms with Crippen molar-refractivity contribution in [2.45, 2.75) is 32.9 Å². The first kappa shape index (κ1) is 15.8. The van der Waals surface area contributed by atoms with Gasteiger partial charge >= 0.3 is 0 Å². The summed E-state index contributed by atoms with van der Waals surface area (Å²) < 4.78 is 5.91. The fourth-order valence-electron chi connectivity index (χ4n) is 3.65. The smallest absolute Gasteiger partial charge is 0.257 e. The number of benzene rings is 2. The van der Waals surface area contributed by atoms with Crippen molar-refractivity contribution in [2.24, 2.45) is 0 Å². The first-order chi connectivity index (χ1) is 12.2. The van der Waals surface area contributed by atoms with Gasteiger partial charge in [-0.15, -0.1) is 0 Å². The molecule has 2 aliphatic rings. The van der Waals surface area contributed by atoms with Gasteiger partial charge in [0.25, 0.3) is 5.91 Å². The number of nitrogens with zero attached hydrogens (tertiary/aromatic N) is 2. The number of hydrogen-bond acceptors (Lipinski definition) is 3. The molecule has 2 aromatic rings. The lowest BCUT2D eigenvalue weighted by molar-refractivity contribution is 0.0653. The second-order valence-corrected chi connectivity index (χ2v) is 6.53. The summed E-state index contributed by atoms with van der Waals surface area (Å²) in [7, 11) is 0. The van der Waals surface area contributed by atoms with Crippen molar-refractivity contribution in [3.8, 4) is 5.75 Å². The van der Waals surface area contributed by atoms with Crippen LogP contribution in [-0.2, 0) is 0 Å². The van der Waals surface area contributed by atoms with Gasteiger partial charge in [-0.05, 0) is 31.5 Å². The molecule has 4 rings (SSSR count). The Bertz CT molecular complexity index is 843. The van der Waals surface area contributed by atoms with Crippen LogP contribution in [0.15, 0.2) is 60.5 Å². The van der Waals surface area contributed by atoms with Crippen LogP contribution in [0.4, 0.5) is 5.69 Å². The van der Waals surface area contributed by atoms with Crippen LogP contribution >= 0.6 is 0 Å². The van der Waals surface area contributed by atoms with E-state index in [1.54, 1.807) is 6.26 Å². The molecule has 1 amide bonds. The van der Waals surface area contributed by atoms with E-state index in [9.17, 15) is 4.79 Å². The average molecular weight is 334 g/mol. The summed E-state index contributed by atoms with van der Waals surface area (Å²) in [4.78, 5) is 17.4. The molecule has 0 aliphatic carbocycles. The largest absolute Gasteiger partial charge is 0.463 e. The lowest BCUT2D eigenvalue weighted by Gasteiger charge is -2.45. The molecule has 1 unspecified atom stereocenters. The number of carbonyl (C=O) groups is 1. The highest BCUT2D eigenvalue weighted by molar-refractivity contribution is 6.02. The summed E-state index contributed by atoms with van der Waals surface area (Å²) in [5.41, 5.74) is 3.71. The van der Waals surface area contributed by atoms with E-state index in [0.717, 1.165) is 47.6 Å². The maximum Gasteiger partial charge on any atom is 0.257 e. The second kappa shape index (κ2) is 6.28. The molecule has 0 saturated heterocycles. The Hall–Kier alpha value is -2.75. The molecule has 1 atom stereocenters. The van der Waals surface area contributed by atoms with E-state index in [1.807, 2.05) is 54.3 Å². The number of hydrogen-bond donors (Lipinski definition) is 0. The molecule has 0 spiro atoms. The number of allylic oxidation sites excluding steroid dienone is 1. The number of anilines is 1. The lowest BCUT2D eigenvalue weighted by atomic mass is 9.99. The normalized spacial score (nSPS) is 18.6. The number of amides is 1. The van der Waals surface area contributed by atoms with Crippen molar-refractivity contribution in [3.63, 3.8) is 0 Å². The van der Waals surface area contributed by atoms with E-state index in [-0.39, 0.29) is 12.1 Å². The van der Waals surface area contributed by atoms with Gasteiger partial charge in [-0.3, -0.25) is 4.79 Å². The van der Waals surface area contributed by atoms with Crippen LogP contribution in [0.1, 0.15) is 48.8 Å². The second-order valence-electron chi connectivity index (χ2n) is 6.53. The molecule has 4 nitrogen and oxygen atoms in total. The minimum absolute atomic E-state index is 0.0924. The molecule has 0 saturated carbocycles. The SMILES string of the molecule is CCCCN1C(=O)c2ccccc2N2C(C)=COc3ccccc3C12. The molecular weight excluding hydrogens is 312 g/mol. The van der Waals surface area contributed by atoms with Crippen molar-refractivity contribution in [1.29, 1.82) is 0 Å². The highest BCUT2D eigenvalue weighted by Gasteiger charge is 2.41. The zero-order valence-corrected chi connectivity index (χ0v) is 14.6. The highest BCUT2D eigenvalue weighted by atomic mass is 16.5. The number of rotatable bonds is 3. The summed E-state index contributed by atoms with van der Waals surface area (Å²) >= 11 is 0. The van der Waals surface area contributed by atoms with Gasteiger partial charge in [0.05, 0.1) is 16.9 Å². The molecule has 4 heteroatoms. The Morgan fingerprint density at radius 2 is 1.84 bits per heavy atom. The van der Waals surface area contributed by atoms with E-state index in [2.05, 4.69) is 17.9 Å². The number of unbranched alkanes of at least 4 members (excludes halogenated alkanes) is 1. The van der Waals surface area contributed by atoms with Gasteiger partial charge in [-0.25, -0.2) is 0 Å². The molecule has 2 aliphatic heterocycles. The lowest BCUT2D eigenvalue weighted by Crippen LogP contribution is -2.48. The molecule has 2 aromatic carbocycles. The number of fused-ring (bicyclic) bond motifs is 5. The minimum atomic E-state index is -0.177. The van der Waals surface area contributed by atoms with Gasteiger partial charge in [-0.1, -0.05) is 43.7 Å². The van der Waals surface area contributed by atoms with Crippen molar-refractivity contribution in [2.75, 3.05) is 11.4 Å². The maximum atomic E-state index is 13.2. The Morgan fingerprint density at radius 1 is 1.08 bits per heavy atom. The Labute approximate surface area is 148 Å². The maximum absolute atomic E-state index is 13.2. The summed E-state index contributed by atoms with van der Waals surface area (Å²) in [6.45, 7) is 4.91.